The van der Waals surface area contributed by atoms with E-state index in [9.17, 15) is 9.59 Å². The molecule has 230 valence electrons. The van der Waals surface area contributed by atoms with E-state index in [2.05, 4.69) is 25.9 Å². The van der Waals surface area contributed by atoms with E-state index in [-0.39, 0.29) is 12.2 Å². The van der Waals surface area contributed by atoms with Crippen molar-refractivity contribution in [1.82, 2.24) is 14.5 Å². The van der Waals surface area contributed by atoms with Crippen LogP contribution in [0.1, 0.15) is 49.7 Å². The van der Waals surface area contributed by atoms with Gasteiger partial charge < -0.3 is 13.9 Å². The highest BCUT2D eigenvalue weighted by Crippen LogP contribution is 2.41. The van der Waals surface area contributed by atoms with Crippen molar-refractivity contribution in [2.24, 2.45) is 4.99 Å². The van der Waals surface area contributed by atoms with Crippen LogP contribution in [-0.4, -0.2) is 34.2 Å². The van der Waals surface area contributed by atoms with Crippen LogP contribution < -0.4 is 19.6 Å². The third-order valence-corrected chi connectivity index (χ3v) is 9.92. The Labute approximate surface area is 275 Å². The zero-order valence-electron chi connectivity index (χ0n) is 25.0. The highest BCUT2D eigenvalue weighted by molar-refractivity contribution is 9.10. The topological polar surface area (TPSA) is 109 Å². The number of benzene rings is 2. The Morgan fingerprint density at radius 3 is 2.78 bits per heavy atom. The zero-order chi connectivity index (χ0) is 31.7. The quantitative estimate of drug-likeness (QED) is 0.129. The van der Waals surface area contributed by atoms with Crippen LogP contribution in [0.4, 0.5) is 0 Å². The van der Waals surface area contributed by atoms with Gasteiger partial charge in [0.2, 0.25) is 0 Å². The van der Waals surface area contributed by atoms with E-state index >= 15 is 0 Å². The minimum atomic E-state index is -0.821. The van der Waals surface area contributed by atoms with Gasteiger partial charge in [0.1, 0.15) is 17.6 Å². The Morgan fingerprint density at radius 2 is 2.02 bits per heavy atom. The van der Waals surface area contributed by atoms with E-state index in [0.29, 0.717) is 58.8 Å². The van der Waals surface area contributed by atoms with Gasteiger partial charge in [0, 0.05) is 23.5 Å². The number of methoxy groups -OCH3 is 1. The fourth-order valence-corrected chi connectivity index (χ4v) is 7.64. The fraction of sp³-hybridized carbons (Fsp3) is 0.242. The Bertz CT molecular complexity index is 2150. The number of aryl methyl sites for hydroxylation is 1. The van der Waals surface area contributed by atoms with Gasteiger partial charge in [0.25, 0.3) is 5.56 Å². The second kappa shape index (κ2) is 13.2. The molecule has 1 atom stereocenters. The molecule has 0 spiro atoms. The van der Waals surface area contributed by atoms with Gasteiger partial charge in [-0.1, -0.05) is 55.0 Å². The van der Waals surface area contributed by atoms with Gasteiger partial charge in [0.15, 0.2) is 15.1 Å². The van der Waals surface area contributed by atoms with E-state index < -0.39 is 12.0 Å². The minimum Gasteiger partial charge on any atom is -0.496 e. The predicted molar refractivity (Wildman–Crippen MR) is 177 cm³/mol. The van der Waals surface area contributed by atoms with Gasteiger partial charge in [-0.3, -0.25) is 9.36 Å². The lowest BCUT2D eigenvalue weighted by Crippen LogP contribution is -2.40. The Morgan fingerprint density at radius 1 is 1.20 bits per heavy atom. The maximum Gasteiger partial charge on any atom is 0.338 e. The molecular weight excluding hydrogens is 676 g/mol. The van der Waals surface area contributed by atoms with E-state index in [0.717, 1.165) is 22.9 Å². The number of hydrogen-bond donors (Lipinski definition) is 0. The molecule has 0 unspecified atom stereocenters. The largest absolute Gasteiger partial charge is 0.496 e. The summed E-state index contributed by atoms with van der Waals surface area (Å²) in [7, 11) is 1.59. The second-order valence-electron chi connectivity index (χ2n) is 10.2. The summed E-state index contributed by atoms with van der Waals surface area (Å²) >= 11 is 6.09. The number of carbonyl (C=O) groups is 1. The molecule has 9 nitrogen and oxygen atoms in total. The minimum absolute atomic E-state index is 0.187. The lowest BCUT2D eigenvalue weighted by molar-refractivity contribution is -0.139. The molecule has 45 heavy (non-hydrogen) atoms. The zero-order valence-corrected chi connectivity index (χ0v) is 28.2. The first-order valence-electron chi connectivity index (χ1n) is 14.4. The van der Waals surface area contributed by atoms with Crippen LogP contribution in [0.5, 0.6) is 5.75 Å². The molecule has 0 amide bonds. The van der Waals surface area contributed by atoms with Gasteiger partial charge in [-0.25, -0.2) is 19.8 Å². The Balaban J connectivity index is 1.56. The van der Waals surface area contributed by atoms with Crippen molar-refractivity contribution in [2.75, 3.05) is 13.7 Å². The summed E-state index contributed by atoms with van der Waals surface area (Å²) < 4.78 is 20.2. The van der Waals surface area contributed by atoms with E-state index in [1.165, 1.54) is 23.1 Å². The lowest BCUT2D eigenvalue weighted by atomic mass is 9.90. The Hall–Kier alpha value is -4.00. The maximum atomic E-state index is 14.3. The highest BCUT2D eigenvalue weighted by Gasteiger charge is 2.37. The molecule has 0 bridgehead atoms. The summed E-state index contributed by atoms with van der Waals surface area (Å²) in [4.78, 5) is 42.1. The summed E-state index contributed by atoms with van der Waals surface area (Å²) in [6.45, 7) is 5.88. The number of furan rings is 1. The molecule has 0 saturated heterocycles. The summed E-state index contributed by atoms with van der Waals surface area (Å²) in [6, 6.07) is 14.5. The van der Waals surface area contributed by atoms with Crippen LogP contribution in [-0.2, 0) is 9.53 Å². The predicted octanol–water partition coefficient (Wildman–Crippen LogP) is 6.35. The van der Waals surface area contributed by atoms with Crippen LogP contribution in [0.25, 0.3) is 16.8 Å². The summed E-state index contributed by atoms with van der Waals surface area (Å²) in [5.41, 5.74) is 2.18. The molecule has 0 saturated carbocycles. The van der Waals surface area contributed by atoms with Crippen LogP contribution in [0.2, 0.25) is 0 Å². The standard InChI is InChI=1S/C33H29BrN4O5S2/c1-5-9-23-27(30(40)42-6-2)28(26-21-11-8-7-10-19(21)12-13-24(26)41-4)38-29(39)25(44-33(38)37-23)17-20-16-22(34)31(43-20)45-32-35-15-14-18(3)36-32/h7-8,10-17,28H,5-6,9H2,1-4H3/b25-17+/t28-/m1/s1. The normalized spacial score (nSPS) is 14.9. The first-order valence-corrected chi connectivity index (χ1v) is 16.8. The number of hydrogen-bond acceptors (Lipinski definition) is 10. The molecule has 1 aliphatic heterocycles. The van der Waals surface area contributed by atoms with Gasteiger partial charge in [-0.05, 0) is 76.9 Å². The molecule has 6 rings (SSSR count). The first-order chi connectivity index (χ1) is 21.8. The third kappa shape index (κ3) is 6.01. The van der Waals surface area contributed by atoms with Crippen molar-refractivity contribution in [3.8, 4) is 5.75 Å². The first kappa shape index (κ1) is 31.0. The van der Waals surface area contributed by atoms with Crippen LogP contribution in [0, 0.1) is 6.92 Å². The number of nitrogens with zero attached hydrogens (tertiary/aromatic N) is 4. The SMILES string of the molecule is CCCC1=C(C(=O)OCC)[C@@H](c2c(OC)ccc3ccccc23)n2c(s/c(=C/c3cc(Br)c(Sc4nccc(C)n4)o3)c2=O)=N1. The van der Waals surface area contributed by atoms with Crippen LogP contribution >= 0.6 is 39.0 Å². The third-order valence-electron chi connectivity index (χ3n) is 7.22. The molecule has 2 aromatic carbocycles. The molecule has 0 fully saturated rings. The number of aromatic nitrogens is 3. The van der Waals surface area contributed by atoms with Crippen molar-refractivity contribution in [3.05, 3.63) is 107 Å². The van der Waals surface area contributed by atoms with Crippen LogP contribution in [0.15, 0.2) is 94.9 Å². The number of halogens is 1. The number of fused-ring (bicyclic) bond motifs is 2. The molecular formula is C33H29BrN4O5S2. The van der Waals surface area contributed by atoms with Crippen molar-refractivity contribution >= 4 is 61.8 Å². The van der Waals surface area contributed by atoms with Crippen molar-refractivity contribution < 1.29 is 18.7 Å². The molecule has 1 aliphatic rings. The summed E-state index contributed by atoms with van der Waals surface area (Å²) in [5.74, 6) is 0.525. The molecule has 3 aromatic heterocycles. The number of allylic oxidation sites excluding steroid dienone is 1. The molecule has 4 heterocycles. The van der Waals surface area contributed by atoms with Crippen molar-refractivity contribution in [3.63, 3.8) is 0 Å². The monoisotopic (exact) mass is 704 g/mol. The van der Waals surface area contributed by atoms with E-state index in [1.807, 2.05) is 56.3 Å². The highest BCUT2D eigenvalue weighted by atomic mass is 79.9. The fourth-order valence-electron chi connectivity index (χ4n) is 5.33. The lowest BCUT2D eigenvalue weighted by Gasteiger charge is -2.28. The summed E-state index contributed by atoms with van der Waals surface area (Å²) in [6.07, 6.45) is 4.68. The van der Waals surface area contributed by atoms with E-state index in [4.69, 9.17) is 18.9 Å². The summed E-state index contributed by atoms with van der Waals surface area (Å²) in [5, 5.41) is 2.93. The van der Waals surface area contributed by atoms with Crippen molar-refractivity contribution in [2.45, 2.75) is 49.9 Å². The van der Waals surface area contributed by atoms with Gasteiger partial charge in [-0.2, -0.15) is 0 Å². The number of esters is 1. The van der Waals surface area contributed by atoms with E-state index in [1.54, 1.807) is 36.9 Å². The van der Waals surface area contributed by atoms with Crippen LogP contribution in [0.3, 0.4) is 0 Å². The second-order valence-corrected chi connectivity index (χ2v) is 13.0. The smallest absolute Gasteiger partial charge is 0.338 e. The number of thiazole rings is 1. The number of carbonyl (C=O) groups excluding carboxylic acids is 1. The van der Waals surface area contributed by atoms with Gasteiger partial charge in [-0.15, -0.1) is 0 Å². The van der Waals surface area contributed by atoms with Gasteiger partial charge >= 0.3 is 5.97 Å². The maximum absolute atomic E-state index is 14.3. The van der Waals surface area contributed by atoms with Gasteiger partial charge in [0.05, 0.1) is 34.0 Å². The average molecular weight is 706 g/mol. The average Bonchev–Trinajstić information content (AvgIpc) is 3.53. The number of rotatable bonds is 9. The Kier molecular flexibility index (Phi) is 9.06. The van der Waals surface area contributed by atoms with Crippen molar-refractivity contribution in [1.29, 1.82) is 0 Å². The molecule has 0 N–H and O–H groups in total. The molecule has 0 radical (unpaired) electrons. The molecule has 5 aromatic rings. The molecule has 0 aliphatic carbocycles. The number of ether oxygens (including phenoxy) is 2. The molecule has 12 heteroatoms.